The Labute approximate surface area is 134 Å². The lowest BCUT2D eigenvalue weighted by molar-refractivity contribution is -0.0156. The molecule has 1 atom stereocenters. The highest BCUT2D eigenvalue weighted by atomic mass is 28.4. The summed E-state index contributed by atoms with van der Waals surface area (Å²) in [5.41, 5.74) is 1.03. The van der Waals surface area contributed by atoms with E-state index in [1.54, 1.807) is 33.5 Å². The molecule has 1 aromatic carbocycles. The van der Waals surface area contributed by atoms with Crippen LogP contribution in [-0.4, -0.2) is 35.1 Å². The first-order valence-electron chi connectivity index (χ1n) is 8.01. The van der Waals surface area contributed by atoms with Gasteiger partial charge >= 0.3 is 8.56 Å². The van der Waals surface area contributed by atoms with Gasteiger partial charge in [0.25, 0.3) is 0 Å². The van der Waals surface area contributed by atoms with Gasteiger partial charge in [0.2, 0.25) is 0 Å². The number of rotatable bonds is 7. The second kappa shape index (κ2) is 7.68. The lowest BCUT2D eigenvalue weighted by atomic mass is 10.0. The van der Waals surface area contributed by atoms with E-state index in [2.05, 4.69) is 0 Å². The van der Waals surface area contributed by atoms with E-state index in [0.29, 0.717) is 0 Å². The van der Waals surface area contributed by atoms with Crippen LogP contribution in [0.2, 0.25) is 6.04 Å². The Balaban J connectivity index is 2.06. The zero-order valence-corrected chi connectivity index (χ0v) is 14.9. The van der Waals surface area contributed by atoms with Crippen molar-refractivity contribution in [2.75, 3.05) is 21.3 Å². The Hall–Kier alpha value is -0.753. The van der Waals surface area contributed by atoms with Crippen LogP contribution in [-0.2, 0) is 20.0 Å². The van der Waals surface area contributed by atoms with Crippen molar-refractivity contribution >= 4 is 8.56 Å². The topological polar surface area (TPSA) is 27.7 Å². The molecule has 0 aromatic heterocycles. The summed E-state index contributed by atoms with van der Waals surface area (Å²) in [6.07, 6.45) is 5.96. The molecule has 22 heavy (non-hydrogen) atoms. The molecular weight excluding hydrogens is 299 g/mol. The maximum absolute atomic E-state index is 13.3. The third-order valence-electron chi connectivity index (χ3n) is 5.02. The van der Waals surface area contributed by atoms with Crippen molar-refractivity contribution < 1.29 is 18.0 Å². The third kappa shape index (κ3) is 3.43. The van der Waals surface area contributed by atoms with Crippen LogP contribution in [0.4, 0.5) is 4.39 Å². The second-order valence-corrected chi connectivity index (χ2v) is 9.78. The standard InChI is InChI=1S/C17H27FO3Si/c1-19-17(11-4-5-13-22(17,20-2)21-3)12-7-9-15-8-6-10-16(18)14-15/h6,8,10,14H,4-5,7,9,11-13H2,1-3H3. The van der Waals surface area contributed by atoms with Crippen LogP contribution in [0, 0.1) is 5.82 Å². The fraction of sp³-hybridized carbons (Fsp3) is 0.647. The molecule has 0 bridgehead atoms. The Morgan fingerprint density at radius 2 is 1.95 bits per heavy atom. The van der Waals surface area contributed by atoms with Crippen molar-refractivity contribution in [1.82, 2.24) is 0 Å². The minimum Gasteiger partial charge on any atom is -0.396 e. The van der Waals surface area contributed by atoms with Gasteiger partial charge in [0.1, 0.15) is 11.0 Å². The fourth-order valence-corrected chi connectivity index (χ4v) is 7.71. The lowest BCUT2D eigenvalue weighted by Crippen LogP contribution is -2.64. The van der Waals surface area contributed by atoms with Gasteiger partial charge in [-0.2, -0.15) is 0 Å². The van der Waals surface area contributed by atoms with Gasteiger partial charge in [-0.15, -0.1) is 0 Å². The molecular formula is C17H27FO3Si. The van der Waals surface area contributed by atoms with Gasteiger partial charge in [-0.05, 0) is 49.4 Å². The van der Waals surface area contributed by atoms with Crippen molar-refractivity contribution in [3.63, 3.8) is 0 Å². The molecule has 0 aliphatic carbocycles. The number of ether oxygens (including phenoxy) is 1. The van der Waals surface area contributed by atoms with E-state index >= 15 is 0 Å². The third-order valence-corrected chi connectivity index (χ3v) is 9.44. The van der Waals surface area contributed by atoms with Crippen LogP contribution in [0.5, 0.6) is 0 Å². The summed E-state index contributed by atoms with van der Waals surface area (Å²) in [6.45, 7) is 0. The summed E-state index contributed by atoms with van der Waals surface area (Å²) in [4.78, 5) is 0. The van der Waals surface area contributed by atoms with E-state index in [0.717, 1.165) is 50.1 Å². The minimum atomic E-state index is -2.36. The molecule has 0 spiro atoms. The van der Waals surface area contributed by atoms with Crippen molar-refractivity contribution in [1.29, 1.82) is 0 Å². The van der Waals surface area contributed by atoms with Crippen LogP contribution < -0.4 is 0 Å². The van der Waals surface area contributed by atoms with Crippen molar-refractivity contribution in [2.45, 2.75) is 49.8 Å². The fourth-order valence-electron chi connectivity index (χ4n) is 3.79. The van der Waals surface area contributed by atoms with Crippen LogP contribution in [0.25, 0.3) is 0 Å². The van der Waals surface area contributed by atoms with Crippen molar-refractivity contribution in [3.8, 4) is 0 Å². The summed E-state index contributed by atoms with van der Waals surface area (Å²) in [5, 5.41) is -0.290. The maximum atomic E-state index is 13.3. The van der Waals surface area contributed by atoms with Gasteiger partial charge in [-0.3, -0.25) is 0 Å². The molecule has 1 aliphatic heterocycles. The molecule has 1 saturated heterocycles. The van der Waals surface area contributed by atoms with Gasteiger partial charge in [0, 0.05) is 21.3 Å². The molecule has 1 unspecified atom stereocenters. The highest BCUT2D eigenvalue weighted by molar-refractivity contribution is 6.70. The molecule has 1 heterocycles. The average Bonchev–Trinajstić information content (AvgIpc) is 2.55. The van der Waals surface area contributed by atoms with Gasteiger partial charge in [0.05, 0.1) is 0 Å². The predicted molar refractivity (Wildman–Crippen MR) is 87.5 cm³/mol. The molecule has 1 aliphatic rings. The molecule has 1 aromatic rings. The Bertz CT molecular complexity index is 479. The summed E-state index contributed by atoms with van der Waals surface area (Å²) >= 11 is 0. The largest absolute Gasteiger partial charge is 0.396 e. The molecule has 0 N–H and O–H groups in total. The number of methoxy groups -OCH3 is 1. The van der Waals surface area contributed by atoms with Gasteiger partial charge in [0.15, 0.2) is 0 Å². The summed E-state index contributed by atoms with van der Waals surface area (Å²) in [7, 11) is 2.92. The molecule has 5 heteroatoms. The van der Waals surface area contributed by atoms with Gasteiger partial charge in [-0.1, -0.05) is 25.0 Å². The van der Waals surface area contributed by atoms with E-state index in [-0.39, 0.29) is 11.0 Å². The van der Waals surface area contributed by atoms with Crippen molar-refractivity contribution in [2.24, 2.45) is 0 Å². The Morgan fingerprint density at radius 3 is 2.59 bits per heavy atom. The van der Waals surface area contributed by atoms with Crippen LogP contribution >= 0.6 is 0 Å². The number of aryl methyl sites for hydroxylation is 1. The quantitative estimate of drug-likeness (QED) is 0.709. The van der Waals surface area contributed by atoms with Gasteiger partial charge in [-0.25, -0.2) is 4.39 Å². The van der Waals surface area contributed by atoms with Crippen LogP contribution in [0.15, 0.2) is 24.3 Å². The number of hydrogen-bond acceptors (Lipinski definition) is 3. The molecule has 124 valence electrons. The molecule has 0 amide bonds. The number of benzene rings is 1. The normalized spacial score (nSPS) is 24.4. The van der Waals surface area contributed by atoms with Crippen LogP contribution in [0.3, 0.4) is 0 Å². The van der Waals surface area contributed by atoms with E-state index in [1.165, 1.54) is 6.07 Å². The zero-order chi connectivity index (χ0) is 16.1. The average molecular weight is 326 g/mol. The van der Waals surface area contributed by atoms with E-state index < -0.39 is 8.56 Å². The first kappa shape index (κ1) is 17.6. The van der Waals surface area contributed by atoms with Gasteiger partial charge < -0.3 is 13.6 Å². The van der Waals surface area contributed by atoms with E-state index in [9.17, 15) is 4.39 Å². The predicted octanol–water partition coefficient (Wildman–Crippen LogP) is 3.99. The summed E-state index contributed by atoms with van der Waals surface area (Å²) in [6, 6.07) is 7.81. The van der Waals surface area contributed by atoms with Crippen molar-refractivity contribution in [3.05, 3.63) is 35.6 Å². The maximum Gasteiger partial charge on any atom is 0.370 e. The zero-order valence-electron chi connectivity index (χ0n) is 13.9. The first-order valence-corrected chi connectivity index (χ1v) is 10.0. The number of hydrogen-bond donors (Lipinski definition) is 0. The molecule has 3 nitrogen and oxygen atoms in total. The molecule has 0 saturated carbocycles. The monoisotopic (exact) mass is 326 g/mol. The van der Waals surface area contributed by atoms with Crippen LogP contribution in [0.1, 0.15) is 37.7 Å². The molecule has 0 radical (unpaired) electrons. The van der Waals surface area contributed by atoms with E-state index in [4.69, 9.17) is 13.6 Å². The number of halogens is 1. The summed E-state index contributed by atoms with van der Waals surface area (Å²) in [5.74, 6) is -0.172. The Morgan fingerprint density at radius 1 is 1.18 bits per heavy atom. The molecule has 2 rings (SSSR count). The SMILES string of the molecule is COC1(CCCc2cccc(F)c2)CCCC[Si]1(OC)OC. The second-order valence-electron chi connectivity index (χ2n) is 6.05. The lowest BCUT2D eigenvalue weighted by Gasteiger charge is -2.48. The minimum absolute atomic E-state index is 0.172. The van der Waals surface area contributed by atoms with E-state index in [1.807, 2.05) is 6.07 Å². The summed E-state index contributed by atoms with van der Waals surface area (Å²) < 4.78 is 31.0. The highest BCUT2D eigenvalue weighted by Crippen LogP contribution is 2.42. The Kier molecular flexibility index (Phi) is 6.14. The molecule has 1 fully saturated rings. The highest BCUT2D eigenvalue weighted by Gasteiger charge is 2.58. The first-order chi connectivity index (χ1) is 10.6. The smallest absolute Gasteiger partial charge is 0.370 e.